The number of nitrogens with zero attached hydrogens (tertiary/aromatic N) is 1. The molecule has 0 unspecified atom stereocenters. The van der Waals surface area contributed by atoms with Gasteiger partial charge in [0.25, 0.3) is 0 Å². The van der Waals surface area contributed by atoms with E-state index in [1.807, 2.05) is 6.92 Å². The summed E-state index contributed by atoms with van der Waals surface area (Å²) in [6.07, 6.45) is 4.39. The lowest BCUT2D eigenvalue weighted by Gasteiger charge is -2.11. The van der Waals surface area contributed by atoms with Crippen molar-refractivity contribution in [2.24, 2.45) is 0 Å². The third-order valence-corrected chi connectivity index (χ3v) is 3.93. The van der Waals surface area contributed by atoms with E-state index in [-0.39, 0.29) is 0 Å². The Kier molecular flexibility index (Phi) is 4.58. The van der Waals surface area contributed by atoms with Gasteiger partial charge in [0.05, 0.1) is 0 Å². The topological polar surface area (TPSA) is 4.93 Å². The molecule has 1 heterocycles. The van der Waals surface area contributed by atoms with Gasteiger partial charge < -0.3 is 4.57 Å². The first-order chi connectivity index (χ1) is 11.3. The maximum absolute atomic E-state index is 4.06. The lowest BCUT2D eigenvalue weighted by atomic mass is 9.97. The molecule has 1 nitrogen and oxygen atoms in total. The second-order valence-electron chi connectivity index (χ2n) is 5.68. The van der Waals surface area contributed by atoms with Gasteiger partial charge in [-0.1, -0.05) is 73.3 Å². The van der Waals surface area contributed by atoms with Crippen molar-refractivity contribution in [2.75, 3.05) is 0 Å². The quantitative estimate of drug-likeness (QED) is 0.573. The molecule has 2 aromatic carbocycles. The van der Waals surface area contributed by atoms with Crippen LogP contribution in [0.5, 0.6) is 0 Å². The van der Waals surface area contributed by atoms with Crippen LogP contribution in [0.3, 0.4) is 0 Å². The fraction of sp³-hybridized carbons (Fsp3) is 0.0909. The van der Waals surface area contributed by atoms with Crippen LogP contribution in [0.4, 0.5) is 0 Å². The molecule has 1 heteroatoms. The van der Waals surface area contributed by atoms with Gasteiger partial charge in [-0.3, -0.25) is 0 Å². The lowest BCUT2D eigenvalue weighted by Crippen LogP contribution is -1.99. The van der Waals surface area contributed by atoms with Gasteiger partial charge in [-0.2, -0.15) is 0 Å². The van der Waals surface area contributed by atoms with Crippen molar-refractivity contribution in [2.45, 2.75) is 13.5 Å². The molecule has 0 radical (unpaired) electrons. The maximum atomic E-state index is 4.06. The zero-order valence-electron chi connectivity index (χ0n) is 13.4. The van der Waals surface area contributed by atoms with Crippen molar-refractivity contribution in [3.63, 3.8) is 0 Å². The minimum atomic E-state index is 0.828. The van der Waals surface area contributed by atoms with Gasteiger partial charge in [0.2, 0.25) is 0 Å². The molecule has 0 N–H and O–H groups in total. The SMILES string of the molecule is C=C(C)c1cccn1CC=C(c1ccccc1)c1ccccc1. The molecular weight excluding hydrogens is 278 g/mol. The summed E-state index contributed by atoms with van der Waals surface area (Å²) in [6.45, 7) is 6.93. The molecule has 0 amide bonds. The van der Waals surface area contributed by atoms with Crippen LogP contribution in [-0.2, 0) is 6.54 Å². The van der Waals surface area contributed by atoms with Crippen LogP contribution in [0.25, 0.3) is 11.1 Å². The highest BCUT2D eigenvalue weighted by Crippen LogP contribution is 2.24. The number of allylic oxidation sites excluding steroid dienone is 2. The molecular formula is C22H21N. The Labute approximate surface area is 138 Å². The van der Waals surface area contributed by atoms with Gasteiger partial charge in [-0.05, 0) is 41.3 Å². The summed E-state index contributed by atoms with van der Waals surface area (Å²) in [4.78, 5) is 0. The molecule has 23 heavy (non-hydrogen) atoms. The predicted octanol–water partition coefficient (Wildman–Crippen LogP) is 5.65. The fourth-order valence-electron chi connectivity index (χ4n) is 2.79. The molecule has 0 saturated carbocycles. The number of benzene rings is 2. The van der Waals surface area contributed by atoms with E-state index in [0.717, 1.165) is 12.1 Å². The molecule has 0 fully saturated rings. The molecule has 1 aromatic heterocycles. The van der Waals surface area contributed by atoms with Crippen molar-refractivity contribution in [3.05, 3.63) is 108 Å². The highest BCUT2D eigenvalue weighted by Gasteiger charge is 2.05. The normalized spacial score (nSPS) is 10.3. The summed E-state index contributed by atoms with van der Waals surface area (Å²) in [6, 6.07) is 25.3. The zero-order valence-corrected chi connectivity index (χ0v) is 13.4. The molecule has 0 atom stereocenters. The minimum Gasteiger partial charge on any atom is -0.344 e. The zero-order chi connectivity index (χ0) is 16.1. The second-order valence-corrected chi connectivity index (χ2v) is 5.68. The first kappa shape index (κ1) is 15.1. The average molecular weight is 299 g/mol. The van der Waals surface area contributed by atoms with Crippen molar-refractivity contribution in [3.8, 4) is 0 Å². The highest BCUT2D eigenvalue weighted by atomic mass is 15.0. The van der Waals surface area contributed by atoms with Crippen molar-refractivity contribution in [1.29, 1.82) is 0 Å². The summed E-state index contributed by atoms with van der Waals surface area (Å²) >= 11 is 0. The standard InChI is InChI=1S/C22H21N/c1-18(2)22-14-9-16-23(22)17-15-21(19-10-5-3-6-11-19)20-12-7-4-8-13-20/h3-16H,1,17H2,2H3. The molecule has 3 rings (SSSR count). The number of hydrogen-bond donors (Lipinski definition) is 0. The van der Waals surface area contributed by atoms with E-state index in [4.69, 9.17) is 0 Å². The van der Waals surface area contributed by atoms with Gasteiger partial charge in [0.15, 0.2) is 0 Å². The van der Waals surface area contributed by atoms with Crippen LogP contribution in [0, 0.1) is 0 Å². The van der Waals surface area contributed by atoms with Gasteiger partial charge >= 0.3 is 0 Å². The van der Waals surface area contributed by atoms with Crippen LogP contribution in [0.1, 0.15) is 23.7 Å². The molecule has 114 valence electrons. The summed E-state index contributed by atoms with van der Waals surface area (Å²) < 4.78 is 2.23. The smallest absolute Gasteiger partial charge is 0.0433 e. The Hall–Kier alpha value is -2.80. The fourth-order valence-corrected chi connectivity index (χ4v) is 2.79. The molecule has 0 bridgehead atoms. The summed E-state index contributed by atoms with van der Waals surface area (Å²) in [7, 11) is 0. The number of aromatic nitrogens is 1. The maximum Gasteiger partial charge on any atom is 0.0433 e. The third-order valence-electron chi connectivity index (χ3n) is 3.93. The van der Waals surface area contributed by atoms with Gasteiger partial charge in [0.1, 0.15) is 0 Å². The number of rotatable bonds is 5. The van der Waals surface area contributed by atoms with Gasteiger partial charge in [-0.15, -0.1) is 0 Å². The van der Waals surface area contributed by atoms with Crippen LogP contribution < -0.4 is 0 Å². The Morgan fingerprint density at radius 1 is 0.870 bits per heavy atom. The van der Waals surface area contributed by atoms with Gasteiger partial charge in [-0.25, -0.2) is 0 Å². The molecule has 3 aromatic rings. The Bertz CT molecular complexity index is 766. The first-order valence-corrected chi connectivity index (χ1v) is 7.88. The minimum absolute atomic E-state index is 0.828. The van der Waals surface area contributed by atoms with Crippen LogP contribution >= 0.6 is 0 Å². The first-order valence-electron chi connectivity index (χ1n) is 7.88. The summed E-state index contributed by atoms with van der Waals surface area (Å²) in [5.74, 6) is 0. The molecule has 0 saturated heterocycles. The Morgan fingerprint density at radius 3 is 1.96 bits per heavy atom. The van der Waals surface area contributed by atoms with Gasteiger partial charge in [0, 0.05) is 18.4 Å². The molecule has 0 aliphatic carbocycles. The average Bonchev–Trinajstić information content (AvgIpc) is 3.06. The van der Waals surface area contributed by atoms with E-state index in [1.165, 1.54) is 22.4 Å². The van der Waals surface area contributed by atoms with E-state index in [2.05, 4.69) is 96.2 Å². The number of hydrogen-bond acceptors (Lipinski definition) is 0. The van der Waals surface area contributed by atoms with Crippen LogP contribution in [0.15, 0.2) is 91.6 Å². The van der Waals surface area contributed by atoms with E-state index < -0.39 is 0 Å². The Morgan fingerprint density at radius 2 is 1.43 bits per heavy atom. The second kappa shape index (κ2) is 6.97. The summed E-state index contributed by atoms with van der Waals surface area (Å²) in [5, 5.41) is 0. The van der Waals surface area contributed by atoms with Crippen LogP contribution in [-0.4, -0.2) is 4.57 Å². The van der Waals surface area contributed by atoms with E-state index in [9.17, 15) is 0 Å². The third kappa shape index (κ3) is 3.51. The van der Waals surface area contributed by atoms with Crippen molar-refractivity contribution < 1.29 is 0 Å². The Balaban J connectivity index is 1.99. The monoisotopic (exact) mass is 299 g/mol. The largest absolute Gasteiger partial charge is 0.344 e. The van der Waals surface area contributed by atoms with E-state index in [1.54, 1.807) is 0 Å². The molecule has 0 aliphatic heterocycles. The van der Waals surface area contributed by atoms with E-state index >= 15 is 0 Å². The molecule has 0 spiro atoms. The summed E-state index contributed by atoms with van der Waals surface area (Å²) in [5.41, 5.74) is 6.00. The highest BCUT2D eigenvalue weighted by molar-refractivity contribution is 5.79. The van der Waals surface area contributed by atoms with Crippen molar-refractivity contribution in [1.82, 2.24) is 4.57 Å². The van der Waals surface area contributed by atoms with E-state index in [0.29, 0.717) is 0 Å². The van der Waals surface area contributed by atoms with Crippen LogP contribution in [0.2, 0.25) is 0 Å². The van der Waals surface area contributed by atoms with Crippen molar-refractivity contribution >= 4 is 11.1 Å². The lowest BCUT2D eigenvalue weighted by molar-refractivity contribution is 0.817. The predicted molar refractivity (Wildman–Crippen MR) is 99.1 cm³/mol. The molecule has 0 aliphatic rings.